The van der Waals surface area contributed by atoms with Crippen molar-refractivity contribution in [3.8, 4) is 11.3 Å². The van der Waals surface area contributed by atoms with Gasteiger partial charge in [-0.25, -0.2) is 4.68 Å². The number of benzene rings is 1. The molecule has 0 saturated carbocycles. The van der Waals surface area contributed by atoms with Crippen LogP contribution in [0.3, 0.4) is 0 Å². The number of nitrogens with one attached hydrogen (secondary N) is 2. The average molecular weight is 384 g/mol. The summed E-state index contributed by atoms with van der Waals surface area (Å²) in [6, 6.07) is 12.4. The van der Waals surface area contributed by atoms with Crippen molar-refractivity contribution in [3.05, 3.63) is 52.3 Å². The third kappa shape index (κ3) is 5.07. The second kappa shape index (κ2) is 9.15. The zero-order valence-corrected chi connectivity index (χ0v) is 17.1. The molecule has 6 heteroatoms. The normalized spacial score (nSPS) is 22.0. The summed E-state index contributed by atoms with van der Waals surface area (Å²) in [6.45, 7) is 8.07. The zero-order valence-electron chi connectivity index (χ0n) is 17.1. The number of hydrogen-bond donors (Lipinski definition) is 2. The summed E-state index contributed by atoms with van der Waals surface area (Å²) in [7, 11) is 0. The molecule has 1 aromatic heterocycles. The van der Waals surface area contributed by atoms with Gasteiger partial charge in [0.05, 0.1) is 30.9 Å². The molecule has 3 rings (SSSR count). The van der Waals surface area contributed by atoms with E-state index in [4.69, 9.17) is 0 Å². The van der Waals surface area contributed by atoms with Crippen molar-refractivity contribution >= 4 is 5.91 Å². The smallest absolute Gasteiger partial charge is 0.267 e. The first-order valence-corrected chi connectivity index (χ1v) is 10.2. The molecule has 6 nitrogen and oxygen atoms in total. The molecule has 1 aliphatic rings. The minimum Gasteiger partial charge on any atom is -0.349 e. The largest absolute Gasteiger partial charge is 0.349 e. The number of carbonyl (C=O) groups excluding carboxylic acids is 1. The lowest BCUT2D eigenvalue weighted by Crippen LogP contribution is -3.19. The molecule has 2 atom stereocenters. The number of piperidine rings is 1. The Morgan fingerprint density at radius 1 is 1.14 bits per heavy atom. The van der Waals surface area contributed by atoms with E-state index in [1.807, 2.05) is 31.2 Å². The molecule has 0 radical (unpaired) electrons. The number of quaternary nitrogens is 1. The first kappa shape index (κ1) is 20.3. The van der Waals surface area contributed by atoms with Crippen LogP contribution in [0.25, 0.3) is 11.3 Å². The van der Waals surface area contributed by atoms with Crippen LogP contribution in [0.2, 0.25) is 0 Å². The molecule has 0 aliphatic carbocycles. The van der Waals surface area contributed by atoms with Crippen LogP contribution in [0, 0.1) is 6.92 Å². The molecule has 0 spiro atoms. The number of hydrogen-bond acceptors (Lipinski definition) is 3. The Labute approximate surface area is 166 Å². The second-order valence-electron chi connectivity index (χ2n) is 7.99. The summed E-state index contributed by atoms with van der Waals surface area (Å²) >= 11 is 0. The third-order valence-electron chi connectivity index (χ3n) is 5.78. The first-order chi connectivity index (χ1) is 13.4. The lowest BCUT2D eigenvalue weighted by molar-refractivity contribution is -0.950. The van der Waals surface area contributed by atoms with E-state index in [1.54, 1.807) is 11.0 Å². The van der Waals surface area contributed by atoms with Gasteiger partial charge in [0, 0.05) is 11.6 Å². The summed E-state index contributed by atoms with van der Waals surface area (Å²) in [5.41, 5.74) is 2.51. The Kier molecular flexibility index (Phi) is 6.62. The van der Waals surface area contributed by atoms with Gasteiger partial charge in [-0.2, -0.15) is 5.10 Å². The van der Waals surface area contributed by atoms with Crippen molar-refractivity contribution < 1.29 is 9.69 Å². The van der Waals surface area contributed by atoms with E-state index in [1.165, 1.54) is 30.0 Å². The number of nitrogens with zero attached hydrogens (tertiary/aromatic N) is 2. The fourth-order valence-electron chi connectivity index (χ4n) is 4.06. The van der Waals surface area contributed by atoms with Crippen LogP contribution < -0.4 is 15.8 Å². The summed E-state index contributed by atoms with van der Waals surface area (Å²) in [4.78, 5) is 26.0. The maximum atomic E-state index is 12.3. The molecule has 2 unspecified atom stereocenters. The van der Waals surface area contributed by atoms with E-state index >= 15 is 0 Å². The highest BCUT2D eigenvalue weighted by Gasteiger charge is 2.27. The fourth-order valence-corrected chi connectivity index (χ4v) is 4.06. The van der Waals surface area contributed by atoms with E-state index in [-0.39, 0.29) is 18.0 Å². The molecule has 1 aromatic carbocycles. The van der Waals surface area contributed by atoms with Crippen molar-refractivity contribution in [2.45, 2.75) is 58.7 Å². The molecule has 150 valence electrons. The van der Waals surface area contributed by atoms with Crippen LogP contribution in [0.5, 0.6) is 0 Å². The maximum Gasteiger partial charge on any atom is 0.267 e. The molecule has 2 heterocycles. The number of aryl methyl sites for hydroxylation is 1. The molecule has 1 saturated heterocycles. The molecule has 1 amide bonds. The highest BCUT2D eigenvalue weighted by Crippen LogP contribution is 2.15. The van der Waals surface area contributed by atoms with Gasteiger partial charge in [-0.05, 0) is 46.1 Å². The molecule has 2 N–H and O–H groups in total. The van der Waals surface area contributed by atoms with Crippen molar-refractivity contribution in [2.75, 3.05) is 13.1 Å². The van der Waals surface area contributed by atoms with Crippen LogP contribution in [0.15, 0.2) is 41.2 Å². The highest BCUT2D eigenvalue weighted by atomic mass is 16.2. The Hall–Kier alpha value is -2.47. The molecule has 2 aromatic rings. The second-order valence-corrected chi connectivity index (χ2v) is 7.99. The van der Waals surface area contributed by atoms with Gasteiger partial charge in [0.15, 0.2) is 0 Å². The molecule has 1 fully saturated rings. The molecular weight excluding hydrogens is 352 g/mol. The predicted molar refractivity (Wildman–Crippen MR) is 110 cm³/mol. The number of likely N-dealkylation sites (tertiary alicyclic amines) is 1. The lowest BCUT2D eigenvalue weighted by atomic mass is 9.98. The van der Waals surface area contributed by atoms with Gasteiger partial charge in [-0.15, -0.1) is 0 Å². The fraction of sp³-hybridized carbons (Fsp3) is 0.500. The molecule has 0 bridgehead atoms. The third-order valence-corrected chi connectivity index (χ3v) is 5.78. The predicted octanol–water partition coefficient (Wildman–Crippen LogP) is 1.18. The van der Waals surface area contributed by atoms with Crippen LogP contribution in [0.4, 0.5) is 0 Å². The first-order valence-electron chi connectivity index (χ1n) is 10.2. The summed E-state index contributed by atoms with van der Waals surface area (Å²) in [5.74, 6) is -0.174. The lowest BCUT2D eigenvalue weighted by Gasteiger charge is -2.35. The number of rotatable bonds is 6. The van der Waals surface area contributed by atoms with Gasteiger partial charge in [-0.1, -0.05) is 29.8 Å². The molecule has 28 heavy (non-hydrogen) atoms. The Morgan fingerprint density at radius 3 is 2.50 bits per heavy atom. The van der Waals surface area contributed by atoms with Crippen molar-refractivity contribution in [1.29, 1.82) is 0 Å². The quantitative estimate of drug-likeness (QED) is 0.787. The number of amides is 1. The van der Waals surface area contributed by atoms with Crippen molar-refractivity contribution in [1.82, 2.24) is 15.1 Å². The van der Waals surface area contributed by atoms with E-state index in [2.05, 4.69) is 24.3 Å². The maximum absolute atomic E-state index is 12.3. The highest BCUT2D eigenvalue weighted by molar-refractivity contribution is 5.75. The van der Waals surface area contributed by atoms with Crippen LogP contribution in [-0.4, -0.2) is 40.9 Å². The van der Waals surface area contributed by atoms with Gasteiger partial charge in [0.1, 0.15) is 6.54 Å². The topological polar surface area (TPSA) is 68.4 Å². The number of aromatic nitrogens is 2. The minimum absolute atomic E-state index is 0.0566. The van der Waals surface area contributed by atoms with Crippen LogP contribution >= 0.6 is 0 Å². The van der Waals surface area contributed by atoms with E-state index in [0.717, 1.165) is 17.7 Å². The monoisotopic (exact) mass is 383 g/mol. The van der Waals surface area contributed by atoms with Gasteiger partial charge in [-0.3, -0.25) is 9.59 Å². The molecular formula is C22H31N4O2+. The van der Waals surface area contributed by atoms with E-state index < -0.39 is 0 Å². The van der Waals surface area contributed by atoms with Crippen LogP contribution in [0.1, 0.15) is 38.7 Å². The SMILES string of the molecule is Cc1ccc(-c2ccc(=O)n(CC(=O)NCC[NH+]3C(C)CCCC3C)n2)cc1. The number of carbonyl (C=O) groups is 1. The Balaban J connectivity index is 1.58. The van der Waals surface area contributed by atoms with Gasteiger partial charge < -0.3 is 10.2 Å². The average Bonchev–Trinajstić information content (AvgIpc) is 2.66. The van der Waals surface area contributed by atoms with Gasteiger partial charge in [0.2, 0.25) is 5.91 Å². The van der Waals surface area contributed by atoms with Gasteiger partial charge >= 0.3 is 0 Å². The Morgan fingerprint density at radius 2 is 1.82 bits per heavy atom. The summed E-state index contributed by atoms with van der Waals surface area (Å²) < 4.78 is 1.24. The van der Waals surface area contributed by atoms with Crippen LogP contribution in [-0.2, 0) is 11.3 Å². The summed E-state index contributed by atoms with van der Waals surface area (Å²) in [6.07, 6.45) is 3.79. The standard InChI is InChI=1S/C22H30N4O2/c1-16-7-9-19(10-8-16)20-11-12-22(28)26(24-20)15-21(27)23-13-14-25-17(2)5-4-6-18(25)3/h7-12,17-18H,4-6,13-15H2,1-3H3,(H,23,27)/p+1. The Bertz CT molecular complexity index is 850. The minimum atomic E-state index is -0.269. The van der Waals surface area contributed by atoms with E-state index in [0.29, 0.717) is 24.3 Å². The molecule has 1 aliphatic heterocycles. The summed E-state index contributed by atoms with van der Waals surface area (Å²) in [5, 5.41) is 7.33. The van der Waals surface area contributed by atoms with Crippen molar-refractivity contribution in [3.63, 3.8) is 0 Å². The van der Waals surface area contributed by atoms with E-state index in [9.17, 15) is 9.59 Å². The van der Waals surface area contributed by atoms with Crippen molar-refractivity contribution in [2.24, 2.45) is 0 Å². The van der Waals surface area contributed by atoms with Gasteiger partial charge in [0.25, 0.3) is 5.56 Å². The zero-order chi connectivity index (χ0) is 20.1.